The summed E-state index contributed by atoms with van der Waals surface area (Å²) in [6.45, 7) is 4.36. The smallest absolute Gasteiger partial charge is 0.338 e. The third kappa shape index (κ3) is 5.59. The van der Waals surface area contributed by atoms with E-state index in [1.165, 1.54) is 0 Å². The Labute approximate surface area is 152 Å². The van der Waals surface area contributed by atoms with Gasteiger partial charge in [-0.25, -0.2) is 4.79 Å². The first kappa shape index (κ1) is 19.0. The minimum atomic E-state index is -0.373. The van der Waals surface area contributed by atoms with Crippen LogP contribution in [0, 0.1) is 0 Å². The number of anilines is 1. The summed E-state index contributed by atoms with van der Waals surface area (Å²) in [5.41, 5.74) is 2.09. The van der Waals surface area contributed by atoms with Crippen molar-refractivity contribution in [3.63, 3.8) is 0 Å². The number of hydrogen-bond donors (Lipinski definition) is 2. The van der Waals surface area contributed by atoms with E-state index in [2.05, 4.69) is 5.32 Å². The first-order chi connectivity index (χ1) is 12.0. The second-order valence-electron chi connectivity index (χ2n) is 5.60. The molecule has 0 aromatic heterocycles. The summed E-state index contributed by atoms with van der Waals surface area (Å²) in [6, 6.07) is 14.3. The maximum Gasteiger partial charge on any atom is 0.338 e. The number of nitrogens with one attached hydrogen (secondary N) is 1. The van der Waals surface area contributed by atoms with Gasteiger partial charge in [0, 0.05) is 16.3 Å². The molecule has 6 heteroatoms. The number of quaternary nitrogens is 1. The van der Waals surface area contributed by atoms with Gasteiger partial charge in [-0.1, -0.05) is 29.8 Å². The van der Waals surface area contributed by atoms with Gasteiger partial charge in [0.05, 0.1) is 12.2 Å². The normalized spacial score (nSPS) is 11.6. The topological polar surface area (TPSA) is 72.0 Å². The molecule has 2 aromatic carbocycles. The Bertz CT molecular complexity index is 732. The molecule has 1 amide bonds. The van der Waals surface area contributed by atoms with Crippen molar-refractivity contribution in [2.45, 2.75) is 19.9 Å². The lowest BCUT2D eigenvalue weighted by molar-refractivity contribution is -0.682. The lowest BCUT2D eigenvalue weighted by Crippen LogP contribution is -2.86. The Balaban J connectivity index is 1.86. The van der Waals surface area contributed by atoms with Crippen LogP contribution in [-0.4, -0.2) is 25.0 Å². The van der Waals surface area contributed by atoms with E-state index in [0.717, 1.165) is 5.56 Å². The van der Waals surface area contributed by atoms with Crippen molar-refractivity contribution in [1.29, 1.82) is 0 Å². The third-order valence-electron chi connectivity index (χ3n) is 3.73. The van der Waals surface area contributed by atoms with Crippen molar-refractivity contribution in [3.05, 3.63) is 64.7 Å². The molecule has 0 aliphatic rings. The summed E-state index contributed by atoms with van der Waals surface area (Å²) in [6.07, 6.45) is 0. The number of carbonyl (C=O) groups is 2. The monoisotopic (exact) mass is 361 g/mol. The van der Waals surface area contributed by atoms with Crippen LogP contribution in [0.3, 0.4) is 0 Å². The number of ether oxygens (including phenoxy) is 1. The van der Waals surface area contributed by atoms with Gasteiger partial charge in [0.25, 0.3) is 5.91 Å². The molecule has 0 unspecified atom stereocenters. The quantitative estimate of drug-likeness (QED) is 0.745. The molecular weight excluding hydrogens is 340 g/mol. The number of esters is 1. The van der Waals surface area contributed by atoms with Gasteiger partial charge >= 0.3 is 5.97 Å². The summed E-state index contributed by atoms with van der Waals surface area (Å²) >= 11 is 6.17. The van der Waals surface area contributed by atoms with Gasteiger partial charge in [-0.15, -0.1) is 0 Å². The first-order valence-electron chi connectivity index (χ1n) is 8.16. The van der Waals surface area contributed by atoms with Crippen molar-refractivity contribution < 1.29 is 19.6 Å². The summed E-state index contributed by atoms with van der Waals surface area (Å²) < 4.78 is 4.92. The molecule has 0 saturated carbocycles. The predicted molar refractivity (Wildman–Crippen MR) is 97.7 cm³/mol. The average Bonchev–Trinajstić information content (AvgIpc) is 2.61. The van der Waals surface area contributed by atoms with Gasteiger partial charge < -0.3 is 15.4 Å². The van der Waals surface area contributed by atoms with Gasteiger partial charge in [0.2, 0.25) is 0 Å². The number of hydrogen-bond acceptors (Lipinski definition) is 3. The second kappa shape index (κ2) is 9.20. The number of benzene rings is 2. The molecule has 25 heavy (non-hydrogen) atoms. The molecule has 0 heterocycles. The lowest BCUT2D eigenvalue weighted by atomic mass is 10.1. The molecule has 5 nitrogen and oxygen atoms in total. The van der Waals surface area contributed by atoms with Crippen molar-refractivity contribution in [1.82, 2.24) is 0 Å². The van der Waals surface area contributed by atoms with Crippen molar-refractivity contribution in [2.75, 3.05) is 18.5 Å². The summed E-state index contributed by atoms with van der Waals surface area (Å²) in [5.74, 6) is -0.495. The average molecular weight is 362 g/mol. The van der Waals surface area contributed by atoms with Crippen LogP contribution >= 0.6 is 11.6 Å². The number of rotatable bonds is 7. The van der Waals surface area contributed by atoms with E-state index in [-0.39, 0.29) is 24.5 Å². The van der Waals surface area contributed by atoms with Crippen LogP contribution in [0.4, 0.5) is 5.69 Å². The van der Waals surface area contributed by atoms with Crippen molar-refractivity contribution in [2.24, 2.45) is 0 Å². The molecule has 0 bridgehead atoms. The van der Waals surface area contributed by atoms with Crippen molar-refractivity contribution >= 4 is 29.2 Å². The van der Waals surface area contributed by atoms with E-state index in [4.69, 9.17) is 16.3 Å². The molecule has 0 aliphatic carbocycles. The predicted octanol–water partition coefficient (Wildman–Crippen LogP) is 2.78. The minimum Gasteiger partial charge on any atom is -0.462 e. The van der Waals surface area contributed by atoms with Crippen LogP contribution in [0.5, 0.6) is 0 Å². The van der Waals surface area contributed by atoms with E-state index in [9.17, 15) is 9.59 Å². The molecule has 1 atom stereocenters. The molecule has 3 N–H and O–H groups in total. The van der Waals surface area contributed by atoms with Crippen LogP contribution in [0.15, 0.2) is 48.5 Å². The number of carbonyl (C=O) groups excluding carboxylic acids is 2. The lowest BCUT2D eigenvalue weighted by Gasteiger charge is -2.12. The molecule has 0 saturated heterocycles. The van der Waals surface area contributed by atoms with E-state index in [0.29, 0.717) is 22.9 Å². The Morgan fingerprint density at radius 3 is 2.48 bits per heavy atom. The number of nitrogens with two attached hydrogens (primary N) is 1. The Morgan fingerprint density at radius 2 is 1.84 bits per heavy atom. The maximum atomic E-state index is 12.1. The number of halogens is 1. The first-order valence-corrected chi connectivity index (χ1v) is 8.53. The fourth-order valence-electron chi connectivity index (χ4n) is 2.37. The highest BCUT2D eigenvalue weighted by Gasteiger charge is 2.14. The van der Waals surface area contributed by atoms with E-state index >= 15 is 0 Å². The SMILES string of the molecule is CCOC(=O)c1ccc(NC(=O)C[NH2+][C@H](C)c2ccccc2Cl)cc1. The zero-order valence-electron chi connectivity index (χ0n) is 14.3. The van der Waals surface area contributed by atoms with Gasteiger partial charge in [-0.2, -0.15) is 0 Å². The van der Waals surface area contributed by atoms with Crippen LogP contribution < -0.4 is 10.6 Å². The fraction of sp³-hybridized carbons (Fsp3) is 0.263. The van der Waals surface area contributed by atoms with Gasteiger partial charge in [0.15, 0.2) is 6.54 Å². The molecule has 0 aliphatic heterocycles. The zero-order chi connectivity index (χ0) is 18.2. The summed E-state index contributed by atoms with van der Waals surface area (Å²) in [5, 5.41) is 5.42. The summed E-state index contributed by atoms with van der Waals surface area (Å²) in [4.78, 5) is 23.7. The highest BCUT2D eigenvalue weighted by molar-refractivity contribution is 6.31. The highest BCUT2D eigenvalue weighted by Crippen LogP contribution is 2.19. The Kier molecular flexibility index (Phi) is 6.98. The third-order valence-corrected chi connectivity index (χ3v) is 4.08. The van der Waals surface area contributed by atoms with Gasteiger partial charge in [-0.05, 0) is 44.2 Å². The van der Waals surface area contributed by atoms with E-state index < -0.39 is 0 Å². The molecule has 2 aromatic rings. The van der Waals surface area contributed by atoms with Gasteiger partial charge in [-0.3, -0.25) is 4.79 Å². The van der Waals surface area contributed by atoms with Crippen LogP contribution in [-0.2, 0) is 9.53 Å². The fourth-order valence-corrected chi connectivity index (χ4v) is 2.68. The van der Waals surface area contributed by atoms with E-state index in [1.54, 1.807) is 31.2 Å². The van der Waals surface area contributed by atoms with Crippen molar-refractivity contribution in [3.8, 4) is 0 Å². The number of amides is 1. The zero-order valence-corrected chi connectivity index (χ0v) is 15.0. The van der Waals surface area contributed by atoms with Crippen LogP contribution in [0.2, 0.25) is 5.02 Å². The molecule has 0 spiro atoms. The summed E-state index contributed by atoms with van der Waals surface area (Å²) in [7, 11) is 0. The van der Waals surface area contributed by atoms with Crippen LogP contribution in [0.1, 0.15) is 35.8 Å². The molecule has 132 valence electrons. The van der Waals surface area contributed by atoms with E-state index in [1.807, 2.05) is 36.5 Å². The Morgan fingerprint density at radius 1 is 1.16 bits per heavy atom. The molecule has 0 radical (unpaired) electrons. The molecule has 0 fully saturated rings. The standard InChI is InChI=1S/C19H21ClN2O3/c1-3-25-19(24)14-8-10-15(11-9-14)22-18(23)12-21-13(2)16-6-4-5-7-17(16)20/h4-11,13,21H,3,12H2,1-2H3,(H,22,23)/p+1/t13-/m1/s1. The molecule has 2 rings (SSSR count). The Hall–Kier alpha value is -2.37. The molecular formula is C19H22ClN2O3+. The van der Waals surface area contributed by atoms with Gasteiger partial charge in [0.1, 0.15) is 6.04 Å². The minimum absolute atomic E-state index is 0.0747. The van der Waals surface area contributed by atoms with Crippen LogP contribution in [0.25, 0.3) is 0 Å². The largest absolute Gasteiger partial charge is 0.462 e. The second-order valence-corrected chi connectivity index (χ2v) is 6.00. The maximum absolute atomic E-state index is 12.1. The highest BCUT2D eigenvalue weighted by atomic mass is 35.5.